The van der Waals surface area contributed by atoms with E-state index in [1.54, 1.807) is 12.4 Å². The Morgan fingerprint density at radius 2 is 1.80 bits per heavy atom. The highest BCUT2D eigenvalue weighted by Crippen LogP contribution is 2.22. The zero-order chi connectivity index (χ0) is 17.6. The maximum atomic E-state index is 12.6. The summed E-state index contributed by atoms with van der Waals surface area (Å²) >= 11 is 0. The summed E-state index contributed by atoms with van der Waals surface area (Å²) in [6.45, 7) is 5.68. The number of rotatable bonds is 5. The summed E-state index contributed by atoms with van der Waals surface area (Å²) < 4.78 is 0. The molecule has 5 nitrogen and oxygen atoms in total. The minimum Gasteiger partial charge on any atom is -0.352 e. The van der Waals surface area contributed by atoms with E-state index in [0.29, 0.717) is 17.4 Å². The third kappa shape index (κ3) is 4.78. The quantitative estimate of drug-likeness (QED) is 0.908. The third-order valence-electron chi connectivity index (χ3n) is 4.59. The van der Waals surface area contributed by atoms with Crippen molar-refractivity contribution in [3.63, 3.8) is 0 Å². The number of aromatic nitrogens is 2. The molecule has 1 N–H and O–H groups in total. The molecule has 1 fully saturated rings. The molecule has 2 aromatic rings. The van der Waals surface area contributed by atoms with Crippen LogP contribution in [0.3, 0.4) is 0 Å². The van der Waals surface area contributed by atoms with Crippen LogP contribution >= 0.6 is 0 Å². The lowest BCUT2D eigenvalue weighted by Gasteiger charge is -2.32. The molecule has 3 rings (SSSR count). The molecule has 5 heteroatoms. The minimum absolute atomic E-state index is 0.0364. The number of carbonyl (C=O) groups excluding carboxylic acids is 1. The summed E-state index contributed by atoms with van der Waals surface area (Å²) in [6.07, 6.45) is 6.44. The number of benzene rings is 1. The summed E-state index contributed by atoms with van der Waals surface area (Å²) in [4.78, 5) is 23.0. The second-order valence-corrected chi connectivity index (χ2v) is 7.02. The van der Waals surface area contributed by atoms with Crippen molar-refractivity contribution < 1.29 is 4.79 Å². The van der Waals surface area contributed by atoms with Crippen molar-refractivity contribution in [3.8, 4) is 0 Å². The van der Waals surface area contributed by atoms with Gasteiger partial charge in [-0.1, -0.05) is 30.3 Å². The highest BCUT2D eigenvalue weighted by Gasteiger charge is 2.24. The number of anilines is 1. The van der Waals surface area contributed by atoms with Crippen LogP contribution in [0.1, 0.15) is 42.6 Å². The van der Waals surface area contributed by atoms with E-state index in [4.69, 9.17) is 0 Å². The van der Waals surface area contributed by atoms with Gasteiger partial charge in [-0.3, -0.25) is 4.79 Å². The summed E-state index contributed by atoms with van der Waals surface area (Å²) in [6, 6.07) is 10.9. The lowest BCUT2D eigenvalue weighted by molar-refractivity contribution is 0.0689. The van der Waals surface area contributed by atoms with Crippen LogP contribution in [0.5, 0.6) is 0 Å². The SMILES string of the molecule is CC(C)Nc1ncc(C(=O)N2CCC(Cc3ccccc3)CC2)cn1. The average Bonchev–Trinajstić information content (AvgIpc) is 2.63. The number of piperidine rings is 1. The molecule has 1 saturated heterocycles. The molecule has 0 aliphatic carbocycles. The molecule has 1 aliphatic heterocycles. The molecule has 0 spiro atoms. The van der Waals surface area contributed by atoms with Crippen LogP contribution in [0.25, 0.3) is 0 Å². The predicted octanol–water partition coefficient (Wildman–Crippen LogP) is 3.39. The molecule has 2 heterocycles. The Kier molecular flexibility index (Phi) is 5.64. The van der Waals surface area contributed by atoms with E-state index in [1.807, 2.05) is 18.7 Å². The molecular formula is C20H26N4O. The standard InChI is InChI=1S/C20H26N4O/c1-15(2)23-20-21-13-18(14-22-20)19(25)24-10-8-17(9-11-24)12-16-6-4-3-5-7-16/h3-7,13-15,17H,8-12H2,1-2H3,(H,21,22,23). The van der Waals surface area contributed by atoms with E-state index in [2.05, 4.69) is 45.6 Å². The van der Waals surface area contributed by atoms with E-state index in [9.17, 15) is 4.79 Å². The molecule has 1 aromatic heterocycles. The fraction of sp³-hybridized carbons (Fsp3) is 0.450. The average molecular weight is 338 g/mol. The molecule has 0 unspecified atom stereocenters. The Hall–Kier alpha value is -2.43. The van der Waals surface area contributed by atoms with Crippen LogP contribution < -0.4 is 5.32 Å². The molecule has 0 atom stereocenters. The van der Waals surface area contributed by atoms with Gasteiger partial charge in [-0.05, 0) is 44.6 Å². The molecule has 1 aromatic carbocycles. The van der Waals surface area contributed by atoms with Gasteiger partial charge in [0.15, 0.2) is 0 Å². The summed E-state index contributed by atoms with van der Waals surface area (Å²) in [5.74, 6) is 1.25. The Balaban J connectivity index is 1.52. The molecule has 132 valence electrons. The van der Waals surface area contributed by atoms with Crippen molar-refractivity contribution in [1.29, 1.82) is 0 Å². The van der Waals surface area contributed by atoms with Crippen molar-refractivity contribution in [1.82, 2.24) is 14.9 Å². The van der Waals surface area contributed by atoms with Gasteiger partial charge in [0, 0.05) is 31.5 Å². The smallest absolute Gasteiger partial charge is 0.256 e. The van der Waals surface area contributed by atoms with Crippen molar-refractivity contribution in [2.45, 2.75) is 39.2 Å². The van der Waals surface area contributed by atoms with E-state index >= 15 is 0 Å². The highest BCUT2D eigenvalue weighted by atomic mass is 16.2. The van der Waals surface area contributed by atoms with Crippen molar-refractivity contribution in [2.24, 2.45) is 5.92 Å². The molecular weight excluding hydrogens is 312 g/mol. The number of hydrogen-bond acceptors (Lipinski definition) is 4. The van der Waals surface area contributed by atoms with Gasteiger partial charge in [0.1, 0.15) is 0 Å². The molecule has 0 bridgehead atoms. The first-order valence-corrected chi connectivity index (χ1v) is 9.03. The van der Waals surface area contributed by atoms with Gasteiger partial charge in [-0.2, -0.15) is 0 Å². The van der Waals surface area contributed by atoms with E-state index < -0.39 is 0 Å². The Morgan fingerprint density at radius 3 is 2.40 bits per heavy atom. The van der Waals surface area contributed by atoms with Gasteiger partial charge in [-0.15, -0.1) is 0 Å². The number of likely N-dealkylation sites (tertiary alicyclic amines) is 1. The third-order valence-corrected chi connectivity index (χ3v) is 4.59. The number of amides is 1. The minimum atomic E-state index is 0.0364. The zero-order valence-corrected chi connectivity index (χ0v) is 15.0. The molecule has 1 amide bonds. The maximum absolute atomic E-state index is 12.6. The number of nitrogens with zero attached hydrogens (tertiary/aromatic N) is 3. The first kappa shape index (κ1) is 17.4. The van der Waals surface area contributed by atoms with Crippen molar-refractivity contribution in [3.05, 3.63) is 53.9 Å². The first-order valence-electron chi connectivity index (χ1n) is 9.03. The molecule has 0 radical (unpaired) electrons. The number of carbonyl (C=O) groups is 1. The predicted molar refractivity (Wildman–Crippen MR) is 99.6 cm³/mol. The maximum Gasteiger partial charge on any atom is 0.256 e. The largest absolute Gasteiger partial charge is 0.352 e. The van der Waals surface area contributed by atoms with Gasteiger partial charge in [0.2, 0.25) is 5.95 Å². The molecule has 0 saturated carbocycles. The van der Waals surface area contributed by atoms with Crippen molar-refractivity contribution >= 4 is 11.9 Å². The van der Waals surface area contributed by atoms with Crippen LogP contribution in [-0.4, -0.2) is 39.9 Å². The highest BCUT2D eigenvalue weighted by molar-refractivity contribution is 5.93. The monoisotopic (exact) mass is 338 g/mol. The molecule has 25 heavy (non-hydrogen) atoms. The normalized spacial score (nSPS) is 15.4. The van der Waals surface area contributed by atoms with E-state index in [0.717, 1.165) is 32.4 Å². The summed E-state index contributed by atoms with van der Waals surface area (Å²) in [5, 5.41) is 3.13. The van der Waals surface area contributed by atoms with Gasteiger partial charge in [0.25, 0.3) is 5.91 Å². The fourth-order valence-electron chi connectivity index (χ4n) is 3.24. The molecule has 1 aliphatic rings. The van der Waals surface area contributed by atoms with Crippen LogP contribution in [-0.2, 0) is 6.42 Å². The fourth-order valence-corrected chi connectivity index (χ4v) is 3.24. The van der Waals surface area contributed by atoms with Gasteiger partial charge >= 0.3 is 0 Å². The number of nitrogens with one attached hydrogen (secondary N) is 1. The van der Waals surface area contributed by atoms with Gasteiger partial charge in [-0.25, -0.2) is 9.97 Å². The Morgan fingerprint density at radius 1 is 1.16 bits per heavy atom. The van der Waals surface area contributed by atoms with E-state index in [-0.39, 0.29) is 11.9 Å². The number of hydrogen-bond donors (Lipinski definition) is 1. The summed E-state index contributed by atoms with van der Waals surface area (Å²) in [7, 11) is 0. The Labute approximate surface area is 149 Å². The summed E-state index contributed by atoms with van der Waals surface area (Å²) in [5.41, 5.74) is 1.95. The lowest BCUT2D eigenvalue weighted by atomic mass is 9.90. The second kappa shape index (κ2) is 8.10. The van der Waals surface area contributed by atoms with Gasteiger partial charge < -0.3 is 10.2 Å². The van der Waals surface area contributed by atoms with Crippen molar-refractivity contribution in [2.75, 3.05) is 18.4 Å². The van der Waals surface area contributed by atoms with Gasteiger partial charge in [0.05, 0.1) is 5.56 Å². The van der Waals surface area contributed by atoms with E-state index in [1.165, 1.54) is 5.56 Å². The van der Waals surface area contributed by atoms with Crippen LogP contribution in [0.2, 0.25) is 0 Å². The van der Waals surface area contributed by atoms with Crippen LogP contribution in [0, 0.1) is 5.92 Å². The lowest BCUT2D eigenvalue weighted by Crippen LogP contribution is -2.39. The van der Waals surface area contributed by atoms with Crippen LogP contribution in [0.15, 0.2) is 42.7 Å². The second-order valence-electron chi connectivity index (χ2n) is 7.02. The zero-order valence-electron chi connectivity index (χ0n) is 15.0. The van der Waals surface area contributed by atoms with Crippen LogP contribution in [0.4, 0.5) is 5.95 Å². The topological polar surface area (TPSA) is 58.1 Å². The first-order chi connectivity index (χ1) is 12.1. The Bertz CT molecular complexity index is 677.